The molecule has 0 saturated heterocycles. The molecule has 0 radical (unpaired) electrons. The molecule has 0 bridgehead atoms. The molecule has 3 rings (SSSR count). The van der Waals surface area contributed by atoms with Gasteiger partial charge in [0.2, 0.25) is 0 Å². The van der Waals surface area contributed by atoms with E-state index in [4.69, 9.17) is 17.4 Å². The molecular weight excluding hydrogens is 284 g/mol. The molecule has 1 aromatic heterocycles. The average molecular weight is 297 g/mol. The molecule has 2 aromatic rings. The molecule has 2 heterocycles. The first-order valence-electron chi connectivity index (χ1n) is 5.73. The number of halogens is 1. The van der Waals surface area contributed by atoms with Gasteiger partial charge in [0.05, 0.1) is 11.1 Å². The molecule has 0 spiro atoms. The quantitative estimate of drug-likeness (QED) is 0.671. The van der Waals surface area contributed by atoms with Gasteiger partial charge in [0.25, 0.3) is 0 Å². The zero-order chi connectivity index (χ0) is 12.5. The summed E-state index contributed by atoms with van der Waals surface area (Å²) >= 11 is 9.75. The van der Waals surface area contributed by atoms with Crippen LogP contribution in [-0.2, 0) is 6.42 Å². The Hall–Kier alpha value is -0.520. The maximum absolute atomic E-state index is 6.21. The highest BCUT2D eigenvalue weighted by Gasteiger charge is 2.31. The van der Waals surface area contributed by atoms with Gasteiger partial charge in [0.1, 0.15) is 0 Å². The Morgan fingerprint density at radius 1 is 1.33 bits per heavy atom. The van der Waals surface area contributed by atoms with Gasteiger partial charge in [-0.2, -0.15) is 0 Å². The van der Waals surface area contributed by atoms with Gasteiger partial charge in [0, 0.05) is 15.0 Å². The molecule has 0 fully saturated rings. The smallest absolute Gasteiger partial charge is 0.0693 e. The zero-order valence-electron chi connectivity index (χ0n) is 9.60. The largest absolute Gasteiger partial charge is 0.271 e. The second-order valence-corrected chi connectivity index (χ2v) is 6.88. The Morgan fingerprint density at radius 2 is 2.17 bits per heavy atom. The molecule has 2 unspecified atom stereocenters. The number of nitrogens with one attached hydrogen (secondary N) is 1. The highest BCUT2D eigenvalue weighted by molar-refractivity contribution is 8.00. The molecule has 1 aliphatic heterocycles. The lowest BCUT2D eigenvalue weighted by Crippen LogP contribution is -2.34. The van der Waals surface area contributed by atoms with Crippen molar-refractivity contribution < 1.29 is 0 Å². The second kappa shape index (κ2) is 5.23. The van der Waals surface area contributed by atoms with Crippen LogP contribution in [0.25, 0.3) is 0 Å². The fourth-order valence-electron chi connectivity index (χ4n) is 2.27. The van der Waals surface area contributed by atoms with Crippen LogP contribution in [0.1, 0.15) is 16.5 Å². The minimum atomic E-state index is 0.106. The number of nitrogens with two attached hydrogens (primary N) is 1. The third kappa shape index (κ3) is 2.19. The van der Waals surface area contributed by atoms with Crippen LogP contribution in [-0.4, -0.2) is 5.25 Å². The van der Waals surface area contributed by atoms with Gasteiger partial charge in [-0.25, -0.2) is 0 Å². The highest BCUT2D eigenvalue weighted by Crippen LogP contribution is 2.44. The van der Waals surface area contributed by atoms with E-state index in [0.717, 1.165) is 16.3 Å². The van der Waals surface area contributed by atoms with Crippen LogP contribution in [0.3, 0.4) is 0 Å². The van der Waals surface area contributed by atoms with E-state index in [0.29, 0.717) is 5.25 Å². The topological polar surface area (TPSA) is 38.0 Å². The van der Waals surface area contributed by atoms with Crippen molar-refractivity contribution >= 4 is 34.7 Å². The van der Waals surface area contributed by atoms with Crippen molar-refractivity contribution in [3.8, 4) is 0 Å². The Labute approximate surface area is 120 Å². The highest BCUT2D eigenvalue weighted by atomic mass is 35.5. The molecule has 0 saturated carbocycles. The first kappa shape index (κ1) is 12.5. The number of benzene rings is 1. The molecule has 94 valence electrons. The van der Waals surface area contributed by atoms with Crippen molar-refractivity contribution in [2.24, 2.45) is 5.84 Å². The predicted octanol–water partition coefficient (Wildman–Crippen LogP) is 3.62. The normalized spacial score (nSPS) is 19.8. The van der Waals surface area contributed by atoms with Crippen molar-refractivity contribution in [2.45, 2.75) is 22.6 Å². The summed E-state index contributed by atoms with van der Waals surface area (Å²) in [6.07, 6.45) is 1.03. The van der Waals surface area contributed by atoms with E-state index in [9.17, 15) is 0 Å². The van der Waals surface area contributed by atoms with Crippen molar-refractivity contribution in [1.82, 2.24) is 5.43 Å². The van der Waals surface area contributed by atoms with E-state index < -0.39 is 0 Å². The predicted molar refractivity (Wildman–Crippen MR) is 79.2 cm³/mol. The van der Waals surface area contributed by atoms with E-state index in [2.05, 4.69) is 29.7 Å². The molecule has 0 amide bonds. The molecule has 0 aliphatic carbocycles. The summed E-state index contributed by atoms with van der Waals surface area (Å²) in [6.45, 7) is 0. The van der Waals surface area contributed by atoms with E-state index in [1.54, 1.807) is 11.3 Å². The van der Waals surface area contributed by atoms with E-state index in [1.807, 2.05) is 23.2 Å². The van der Waals surface area contributed by atoms with Crippen LogP contribution in [0, 0.1) is 0 Å². The lowest BCUT2D eigenvalue weighted by Gasteiger charge is -2.21. The lowest BCUT2D eigenvalue weighted by molar-refractivity contribution is 0.541. The van der Waals surface area contributed by atoms with Crippen molar-refractivity contribution in [3.63, 3.8) is 0 Å². The number of rotatable bonds is 3. The molecule has 2 atom stereocenters. The average Bonchev–Trinajstić information content (AvgIpc) is 2.97. The standard InChI is InChI=1S/C13H13ClN2S2/c14-9-5-6-17-13(9)12(16-15)11-7-8-3-1-2-4-10(8)18-11/h1-6,11-12,16H,7,15H2. The fourth-order valence-corrected chi connectivity index (χ4v) is 5.06. The third-order valence-corrected chi connectivity index (χ3v) is 5.99. The van der Waals surface area contributed by atoms with Crippen molar-refractivity contribution in [2.75, 3.05) is 0 Å². The molecule has 18 heavy (non-hydrogen) atoms. The van der Waals surface area contributed by atoms with Gasteiger partial charge in [-0.3, -0.25) is 11.3 Å². The van der Waals surface area contributed by atoms with Gasteiger partial charge < -0.3 is 0 Å². The Kier molecular flexibility index (Phi) is 3.63. The Morgan fingerprint density at radius 3 is 2.83 bits per heavy atom. The van der Waals surface area contributed by atoms with Crippen LogP contribution >= 0.6 is 34.7 Å². The Balaban J connectivity index is 1.86. The molecule has 5 heteroatoms. The maximum atomic E-state index is 6.21. The van der Waals surface area contributed by atoms with Gasteiger partial charge in [-0.05, 0) is 29.5 Å². The molecular formula is C13H13ClN2S2. The number of thiophene rings is 1. The monoisotopic (exact) mass is 296 g/mol. The SMILES string of the molecule is NNC(c1sccc1Cl)C1Cc2ccccc2S1. The molecule has 2 nitrogen and oxygen atoms in total. The van der Waals surface area contributed by atoms with Crippen molar-refractivity contribution in [1.29, 1.82) is 0 Å². The summed E-state index contributed by atoms with van der Waals surface area (Å²) in [6, 6.07) is 10.6. The summed E-state index contributed by atoms with van der Waals surface area (Å²) in [5, 5.41) is 3.22. The van der Waals surface area contributed by atoms with Crippen molar-refractivity contribution in [3.05, 3.63) is 51.2 Å². The minimum absolute atomic E-state index is 0.106. The van der Waals surface area contributed by atoms with Crippen LogP contribution in [0.5, 0.6) is 0 Å². The van der Waals surface area contributed by atoms with Gasteiger partial charge in [-0.15, -0.1) is 23.1 Å². The summed E-state index contributed by atoms with van der Waals surface area (Å²) < 4.78 is 0. The minimum Gasteiger partial charge on any atom is -0.271 e. The van der Waals surface area contributed by atoms with E-state index >= 15 is 0 Å². The molecule has 1 aromatic carbocycles. The van der Waals surface area contributed by atoms with E-state index in [1.165, 1.54) is 10.5 Å². The third-order valence-electron chi connectivity index (χ3n) is 3.15. The van der Waals surface area contributed by atoms with Crippen LogP contribution < -0.4 is 11.3 Å². The number of hydrazine groups is 1. The number of hydrogen-bond donors (Lipinski definition) is 2. The summed E-state index contributed by atoms with van der Waals surface area (Å²) in [7, 11) is 0. The molecule has 3 N–H and O–H groups in total. The first-order chi connectivity index (χ1) is 8.79. The van der Waals surface area contributed by atoms with Crippen LogP contribution in [0.4, 0.5) is 0 Å². The van der Waals surface area contributed by atoms with Gasteiger partial charge >= 0.3 is 0 Å². The zero-order valence-corrected chi connectivity index (χ0v) is 12.0. The van der Waals surface area contributed by atoms with E-state index in [-0.39, 0.29) is 6.04 Å². The second-order valence-electron chi connectivity index (χ2n) is 4.25. The number of hydrogen-bond acceptors (Lipinski definition) is 4. The summed E-state index contributed by atoms with van der Waals surface area (Å²) in [5.41, 5.74) is 4.33. The van der Waals surface area contributed by atoms with Gasteiger partial charge in [-0.1, -0.05) is 29.8 Å². The first-order valence-corrected chi connectivity index (χ1v) is 7.87. The maximum Gasteiger partial charge on any atom is 0.0693 e. The summed E-state index contributed by atoms with van der Waals surface area (Å²) in [5.74, 6) is 5.73. The Bertz CT molecular complexity index is 530. The number of thioether (sulfide) groups is 1. The van der Waals surface area contributed by atoms with Gasteiger partial charge in [0.15, 0.2) is 0 Å². The fraction of sp³-hybridized carbons (Fsp3) is 0.231. The lowest BCUT2D eigenvalue weighted by atomic mass is 10.0. The van der Waals surface area contributed by atoms with Crippen LogP contribution in [0.2, 0.25) is 5.02 Å². The van der Waals surface area contributed by atoms with Crippen LogP contribution in [0.15, 0.2) is 40.6 Å². The summed E-state index contributed by atoms with van der Waals surface area (Å²) in [4.78, 5) is 2.49. The number of fused-ring (bicyclic) bond motifs is 1. The molecule has 1 aliphatic rings.